The average molecular weight is 292 g/mol. The predicted octanol–water partition coefficient (Wildman–Crippen LogP) is 1.95. The Kier molecular flexibility index (Phi) is 4.68. The third-order valence-electron chi connectivity index (χ3n) is 3.32. The third kappa shape index (κ3) is 3.27. The lowest BCUT2D eigenvalue weighted by Crippen LogP contribution is -2.49. The van der Waals surface area contributed by atoms with E-state index in [1.165, 1.54) is 0 Å². The van der Waals surface area contributed by atoms with Crippen LogP contribution < -0.4 is 4.90 Å². The second-order valence-corrected chi connectivity index (χ2v) is 5.15. The highest BCUT2D eigenvalue weighted by atomic mass is 16.6. The number of carbonyl (C=O) groups excluding carboxylic acids is 1. The number of piperazine rings is 1. The summed E-state index contributed by atoms with van der Waals surface area (Å²) < 4.78 is 10.7. The summed E-state index contributed by atoms with van der Waals surface area (Å²) in [5.74, 6) is 1.20. The normalized spacial score (nSPS) is 15.2. The summed E-state index contributed by atoms with van der Waals surface area (Å²) in [5, 5.41) is 9.17. The van der Waals surface area contributed by atoms with Gasteiger partial charge < -0.3 is 19.0 Å². The van der Waals surface area contributed by atoms with Gasteiger partial charge in [-0.25, -0.2) is 9.78 Å². The van der Waals surface area contributed by atoms with E-state index in [0.717, 1.165) is 0 Å². The molecule has 7 nitrogen and oxygen atoms in total. The maximum absolute atomic E-state index is 11.7. The van der Waals surface area contributed by atoms with Crippen LogP contribution in [0.1, 0.15) is 38.3 Å². The Balaban J connectivity index is 2.05. The van der Waals surface area contributed by atoms with E-state index in [2.05, 4.69) is 11.1 Å². The Morgan fingerprint density at radius 1 is 1.43 bits per heavy atom. The highest BCUT2D eigenvalue weighted by Crippen LogP contribution is 2.26. The van der Waals surface area contributed by atoms with Crippen molar-refractivity contribution in [1.29, 1.82) is 5.26 Å². The SMILES string of the molecule is CCOC(=O)N1CCN(c2oc(C(C)C)nc2C#N)CC1. The molecule has 0 aliphatic carbocycles. The second kappa shape index (κ2) is 6.48. The minimum atomic E-state index is -0.293. The lowest BCUT2D eigenvalue weighted by molar-refractivity contribution is 0.104. The summed E-state index contributed by atoms with van der Waals surface area (Å²) in [7, 11) is 0. The molecular weight excluding hydrogens is 272 g/mol. The maximum atomic E-state index is 11.7. The molecule has 0 N–H and O–H groups in total. The van der Waals surface area contributed by atoms with E-state index in [4.69, 9.17) is 9.15 Å². The minimum Gasteiger partial charge on any atom is -0.450 e. The summed E-state index contributed by atoms with van der Waals surface area (Å²) in [6, 6.07) is 2.07. The van der Waals surface area contributed by atoms with Gasteiger partial charge in [0, 0.05) is 32.1 Å². The molecule has 0 spiro atoms. The van der Waals surface area contributed by atoms with Crippen molar-refractivity contribution in [3.63, 3.8) is 0 Å². The van der Waals surface area contributed by atoms with Crippen LogP contribution in [0, 0.1) is 11.3 Å². The van der Waals surface area contributed by atoms with Crippen LogP contribution in [0.3, 0.4) is 0 Å². The number of hydrogen-bond donors (Lipinski definition) is 0. The van der Waals surface area contributed by atoms with Gasteiger partial charge in [0.15, 0.2) is 0 Å². The van der Waals surface area contributed by atoms with Crippen molar-refractivity contribution in [1.82, 2.24) is 9.88 Å². The van der Waals surface area contributed by atoms with Crippen LogP contribution in [0.25, 0.3) is 0 Å². The highest BCUT2D eigenvalue weighted by molar-refractivity contribution is 5.68. The van der Waals surface area contributed by atoms with Gasteiger partial charge in [0.25, 0.3) is 0 Å². The van der Waals surface area contributed by atoms with E-state index in [1.807, 2.05) is 18.7 Å². The Bertz CT molecular complexity index is 539. The van der Waals surface area contributed by atoms with Crippen LogP contribution in [0.15, 0.2) is 4.42 Å². The molecule has 2 rings (SSSR count). The van der Waals surface area contributed by atoms with Gasteiger partial charge in [0.2, 0.25) is 17.5 Å². The third-order valence-corrected chi connectivity index (χ3v) is 3.32. The maximum Gasteiger partial charge on any atom is 0.409 e. The molecule has 21 heavy (non-hydrogen) atoms. The molecular formula is C14H20N4O3. The molecule has 7 heteroatoms. The van der Waals surface area contributed by atoms with Gasteiger partial charge in [-0.05, 0) is 6.92 Å². The molecule has 1 aliphatic heterocycles. The zero-order valence-electron chi connectivity index (χ0n) is 12.6. The standard InChI is InChI=1S/C14H20N4O3/c1-4-20-14(19)18-7-5-17(6-8-18)13-11(9-15)16-12(21-13)10(2)3/h10H,4-8H2,1-3H3. The van der Waals surface area contributed by atoms with Crippen molar-refractivity contribution in [3.8, 4) is 6.07 Å². The van der Waals surface area contributed by atoms with E-state index in [1.54, 1.807) is 11.8 Å². The highest BCUT2D eigenvalue weighted by Gasteiger charge is 2.27. The number of oxazole rings is 1. The van der Waals surface area contributed by atoms with E-state index in [-0.39, 0.29) is 12.0 Å². The summed E-state index contributed by atoms with van der Waals surface area (Å²) in [6.07, 6.45) is -0.293. The number of amides is 1. The molecule has 0 saturated carbocycles. The van der Waals surface area contributed by atoms with Crippen LogP contribution in [-0.2, 0) is 4.74 Å². The first-order valence-corrected chi connectivity index (χ1v) is 7.14. The first kappa shape index (κ1) is 15.2. The van der Waals surface area contributed by atoms with Crippen molar-refractivity contribution >= 4 is 12.0 Å². The van der Waals surface area contributed by atoms with Gasteiger partial charge in [-0.2, -0.15) is 5.26 Å². The summed E-state index contributed by atoms with van der Waals surface area (Å²) in [6.45, 7) is 8.38. The Morgan fingerprint density at radius 3 is 2.62 bits per heavy atom. The lowest BCUT2D eigenvalue weighted by Gasteiger charge is -2.33. The van der Waals surface area contributed by atoms with E-state index >= 15 is 0 Å². The second-order valence-electron chi connectivity index (χ2n) is 5.15. The monoisotopic (exact) mass is 292 g/mol. The molecule has 1 aromatic rings. The van der Waals surface area contributed by atoms with E-state index < -0.39 is 0 Å². The topological polar surface area (TPSA) is 82.6 Å². The number of carbonyl (C=O) groups is 1. The van der Waals surface area contributed by atoms with Gasteiger partial charge in [-0.1, -0.05) is 13.8 Å². The molecule has 0 radical (unpaired) electrons. The van der Waals surface area contributed by atoms with Crippen molar-refractivity contribution in [2.24, 2.45) is 0 Å². The number of anilines is 1. The number of rotatable bonds is 3. The molecule has 0 unspecified atom stereocenters. The lowest BCUT2D eigenvalue weighted by atomic mass is 10.2. The molecule has 2 heterocycles. The van der Waals surface area contributed by atoms with Crippen LogP contribution in [0.4, 0.5) is 10.7 Å². The Hall–Kier alpha value is -2.23. The van der Waals surface area contributed by atoms with Gasteiger partial charge >= 0.3 is 6.09 Å². The summed E-state index contributed by atoms with van der Waals surface area (Å²) in [5.41, 5.74) is 0.309. The van der Waals surface area contributed by atoms with Crippen LogP contribution in [0.2, 0.25) is 0 Å². The molecule has 114 valence electrons. The fraction of sp³-hybridized carbons (Fsp3) is 0.643. The zero-order chi connectivity index (χ0) is 15.4. The summed E-state index contributed by atoms with van der Waals surface area (Å²) in [4.78, 5) is 19.5. The molecule has 1 amide bonds. The quantitative estimate of drug-likeness (QED) is 0.846. The number of hydrogen-bond acceptors (Lipinski definition) is 6. The Morgan fingerprint density at radius 2 is 2.10 bits per heavy atom. The number of aromatic nitrogens is 1. The van der Waals surface area contributed by atoms with Gasteiger partial charge in [0.1, 0.15) is 6.07 Å². The Labute approximate surface area is 124 Å². The molecule has 0 atom stereocenters. The fourth-order valence-electron chi connectivity index (χ4n) is 2.17. The van der Waals surface area contributed by atoms with Crippen LogP contribution in [-0.4, -0.2) is 48.8 Å². The predicted molar refractivity (Wildman–Crippen MR) is 76.1 cm³/mol. The zero-order valence-corrected chi connectivity index (χ0v) is 12.6. The molecule has 1 aliphatic rings. The van der Waals surface area contributed by atoms with Crippen molar-refractivity contribution in [2.45, 2.75) is 26.7 Å². The summed E-state index contributed by atoms with van der Waals surface area (Å²) >= 11 is 0. The van der Waals surface area contributed by atoms with Gasteiger partial charge in [-0.3, -0.25) is 0 Å². The molecule has 0 aromatic carbocycles. The van der Waals surface area contributed by atoms with Crippen molar-refractivity contribution in [3.05, 3.63) is 11.6 Å². The molecule has 0 bridgehead atoms. The smallest absolute Gasteiger partial charge is 0.409 e. The average Bonchev–Trinajstić information content (AvgIpc) is 2.92. The van der Waals surface area contributed by atoms with E-state index in [0.29, 0.717) is 50.3 Å². The van der Waals surface area contributed by atoms with Gasteiger partial charge in [0.05, 0.1) is 6.61 Å². The van der Waals surface area contributed by atoms with Crippen molar-refractivity contribution in [2.75, 3.05) is 37.7 Å². The number of nitrogens with zero attached hydrogens (tertiary/aromatic N) is 4. The molecule has 1 aromatic heterocycles. The number of nitriles is 1. The van der Waals surface area contributed by atoms with Crippen molar-refractivity contribution < 1.29 is 13.9 Å². The molecule has 1 fully saturated rings. The minimum absolute atomic E-state index is 0.131. The fourth-order valence-corrected chi connectivity index (χ4v) is 2.17. The first-order chi connectivity index (χ1) is 10.1. The molecule has 1 saturated heterocycles. The van der Waals surface area contributed by atoms with E-state index in [9.17, 15) is 10.1 Å². The van der Waals surface area contributed by atoms with Gasteiger partial charge in [-0.15, -0.1) is 0 Å². The van der Waals surface area contributed by atoms with Crippen LogP contribution >= 0.6 is 0 Å². The number of ether oxygens (including phenoxy) is 1. The largest absolute Gasteiger partial charge is 0.450 e. The first-order valence-electron chi connectivity index (χ1n) is 7.14. The van der Waals surface area contributed by atoms with Crippen LogP contribution in [0.5, 0.6) is 0 Å².